The summed E-state index contributed by atoms with van der Waals surface area (Å²) >= 11 is 3.81. The maximum absolute atomic E-state index is 5.67. The van der Waals surface area contributed by atoms with Gasteiger partial charge in [0, 0.05) is 29.1 Å². The zero-order valence-electron chi connectivity index (χ0n) is 10.3. The molecule has 3 rings (SSSR count). The van der Waals surface area contributed by atoms with Crippen molar-refractivity contribution < 1.29 is 9.26 Å². The minimum atomic E-state index is 0.00309. The minimum Gasteiger partial charge on any atom is -0.368 e. The van der Waals surface area contributed by atoms with Crippen molar-refractivity contribution >= 4 is 23.5 Å². The van der Waals surface area contributed by atoms with E-state index in [1.807, 2.05) is 30.6 Å². The summed E-state index contributed by atoms with van der Waals surface area (Å²) < 4.78 is 11.1. The monoisotopic (exact) mass is 287 g/mol. The highest BCUT2D eigenvalue weighted by Gasteiger charge is 2.33. The standard InChI is InChI=1S/C11H17N3O2S2/c1-12-8-5-18-4-7(8)11-13-10(14-16-11)9-6-17-3-2-15-9/h7-9,12H,2-6H2,1H3. The van der Waals surface area contributed by atoms with Crippen molar-refractivity contribution in [3.63, 3.8) is 0 Å². The molecule has 2 saturated heterocycles. The lowest BCUT2D eigenvalue weighted by Gasteiger charge is -2.18. The number of nitrogens with one attached hydrogen (secondary N) is 1. The van der Waals surface area contributed by atoms with E-state index in [0.717, 1.165) is 35.5 Å². The molecule has 0 aromatic carbocycles. The summed E-state index contributed by atoms with van der Waals surface area (Å²) in [5.74, 6) is 5.94. The fraction of sp³-hybridized carbons (Fsp3) is 0.818. The van der Waals surface area contributed by atoms with Crippen LogP contribution in [0.1, 0.15) is 23.7 Å². The van der Waals surface area contributed by atoms with Gasteiger partial charge in [-0.05, 0) is 7.05 Å². The average Bonchev–Trinajstić information content (AvgIpc) is 3.08. The Morgan fingerprint density at radius 1 is 1.28 bits per heavy atom. The number of nitrogens with zero attached hydrogens (tertiary/aromatic N) is 2. The van der Waals surface area contributed by atoms with Crippen molar-refractivity contribution in [3.05, 3.63) is 11.7 Å². The molecule has 2 aliphatic heterocycles. The fourth-order valence-electron chi connectivity index (χ4n) is 2.25. The number of hydrogen-bond donors (Lipinski definition) is 1. The van der Waals surface area contributed by atoms with Gasteiger partial charge in [-0.25, -0.2) is 0 Å². The first-order valence-corrected chi connectivity index (χ1v) is 8.47. The van der Waals surface area contributed by atoms with Crippen molar-refractivity contribution in [2.75, 3.05) is 36.7 Å². The lowest BCUT2D eigenvalue weighted by atomic mass is 10.0. The Labute approximate surface area is 115 Å². The first-order chi connectivity index (χ1) is 8.88. The Hall–Kier alpha value is -0.240. The third-order valence-electron chi connectivity index (χ3n) is 3.33. The molecule has 2 aliphatic rings. The lowest BCUT2D eigenvalue weighted by Crippen LogP contribution is -2.31. The summed E-state index contributed by atoms with van der Waals surface area (Å²) in [6, 6.07) is 0.435. The van der Waals surface area contributed by atoms with Crippen LogP contribution >= 0.6 is 23.5 Å². The summed E-state index contributed by atoms with van der Waals surface area (Å²) in [5.41, 5.74) is 0. The average molecular weight is 287 g/mol. The molecule has 1 aromatic heterocycles. The van der Waals surface area contributed by atoms with Crippen LogP contribution in [-0.4, -0.2) is 52.8 Å². The van der Waals surface area contributed by atoms with Crippen LogP contribution in [0.5, 0.6) is 0 Å². The molecular formula is C11H17N3O2S2. The number of hydrogen-bond acceptors (Lipinski definition) is 7. The molecule has 0 amide bonds. The molecule has 3 atom stereocenters. The number of thioether (sulfide) groups is 2. The van der Waals surface area contributed by atoms with Crippen LogP contribution in [0.2, 0.25) is 0 Å². The first kappa shape index (κ1) is 12.8. The normalized spacial score (nSPS) is 32.8. The predicted molar refractivity (Wildman–Crippen MR) is 73.2 cm³/mol. The first-order valence-electron chi connectivity index (χ1n) is 6.16. The summed E-state index contributed by atoms with van der Waals surface area (Å²) in [4.78, 5) is 4.54. The van der Waals surface area contributed by atoms with Gasteiger partial charge >= 0.3 is 0 Å². The van der Waals surface area contributed by atoms with Crippen LogP contribution in [0.25, 0.3) is 0 Å². The van der Waals surface area contributed by atoms with E-state index in [4.69, 9.17) is 9.26 Å². The molecule has 1 aromatic rings. The van der Waals surface area contributed by atoms with Crippen LogP contribution in [0.4, 0.5) is 0 Å². The van der Waals surface area contributed by atoms with Crippen molar-refractivity contribution in [1.82, 2.24) is 15.5 Å². The molecule has 0 radical (unpaired) electrons. The molecule has 3 heterocycles. The van der Waals surface area contributed by atoms with E-state index in [9.17, 15) is 0 Å². The molecule has 7 heteroatoms. The van der Waals surface area contributed by atoms with Crippen LogP contribution in [0, 0.1) is 0 Å². The molecule has 18 heavy (non-hydrogen) atoms. The van der Waals surface area contributed by atoms with E-state index >= 15 is 0 Å². The molecule has 0 saturated carbocycles. The highest BCUT2D eigenvalue weighted by molar-refractivity contribution is 7.99. The summed E-state index contributed by atoms with van der Waals surface area (Å²) in [7, 11) is 1.99. The largest absolute Gasteiger partial charge is 0.368 e. The Kier molecular flexibility index (Phi) is 4.13. The molecule has 1 N–H and O–H groups in total. The second-order valence-electron chi connectivity index (χ2n) is 4.46. The smallest absolute Gasteiger partial charge is 0.232 e. The van der Waals surface area contributed by atoms with Gasteiger partial charge in [0.15, 0.2) is 0 Å². The Morgan fingerprint density at radius 3 is 3.00 bits per heavy atom. The van der Waals surface area contributed by atoms with Crippen LogP contribution in [0.15, 0.2) is 4.52 Å². The van der Waals surface area contributed by atoms with E-state index in [2.05, 4.69) is 15.5 Å². The zero-order chi connectivity index (χ0) is 12.4. The van der Waals surface area contributed by atoms with Gasteiger partial charge in [-0.3, -0.25) is 0 Å². The van der Waals surface area contributed by atoms with E-state index in [0.29, 0.717) is 17.8 Å². The van der Waals surface area contributed by atoms with Gasteiger partial charge in [0.25, 0.3) is 0 Å². The van der Waals surface area contributed by atoms with Gasteiger partial charge < -0.3 is 14.6 Å². The van der Waals surface area contributed by atoms with E-state index in [-0.39, 0.29) is 6.10 Å². The van der Waals surface area contributed by atoms with Gasteiger partial charge in [-0.1, -0.05) is 5.16 Å². The highest BCUT2D eigenvalue weighted by Crippen LogP contribution is 2.33. The number of likely N-dealkylation sites (N-methyl/N-ethyl adjacent to an activating group) is 1. The predicted octanol–water partition coefficient (Wildman–Crippen LogP) is 1.29. The molecule has 2 fully saturated rings. The Bertz CT molecular complexity index is 395. The van der Waals surface area contributed by atoms with Crippen molar-refractivity contribution in [2.45, 2.75) is 18.1 Å². The molecule has 5 nitrogen and oxygen atoms in total. The lowest BCUT2D eigenvalue weighted by molar-refractivity contribution is 0.0677. The van der Waals surface area contributed by atoms with E-state index in [1.165, 1.54) is 0 Å². The maximum Gasteiger partial charge on any atom is 0.232 e. The van der Waals surface area contributed by atoms with Gasteiger partial charge in [0.1, 0.15) is 6.10 Å². The van der Waals surface area contributed by atoms with Crippen molar-refractivity contribution in [2.24, 2.45) is 0 Å². The minimum absolute atomic E-state index is 0.00309. The Balaban J connectivity index is 1.72. The summed E-state index contributed by atoms with van der Waals surface area (Å²) in [5, 5.41) is 7.41. The van der Waals surface area contributed by atoms with Crippen molar-refractivity contribution in [3.8, 4) is 0 Å². The molecule has 0 bridgehead atoms. The van der Waals surface area contributed by atoms with Gasteiger partial charge in [-0.2, -0.15) is 28.5 Å². The second kappa shape index (κ2) is 5.81. The van der Waals surface area contributed by atoms with Crippen molar-refractivity contribution in [1.29, 1.82) is 0 Å². The fourth-order valence-corrected chi connectivity index (χ4v) is 4.51. The molecule has 3 unspecified atom stereocenters. The summed E-state index contributed by atoms with van der Waals surface area (Å²) in [6.07, 6.45) is 0.00309. The van der Waals surface area contributed by atoms with Gasteiger partial charge in [0.2, 0.25) is 11.7 Å². The zero-order valence-corrected chi connectivity index (χ0v) is 11.9. The number of ether oxygens (including phenoxy) is 1. The van der Waals surface area contributed by atoms with Crippen LogP contribution < -0.4 is 5.32 Å². The summed E-state index contributed by atoms with van der Waals surface area (Å²) in [6.45, 7) is 0.775. The maximum atomic E-state index is 5.67. The molecule has 100 valence electrons. The van der Waals surface area contributed by atoms with Gasteiger partial charge in [0.05, 0.1) is 12.5 Å². The number of rotatable bonds is 3. The Morgan fingerprint density at radius 2 is 2.22 bits per heavy atom. The van der Waals surface area contributed by atoms with E-state index in [1.54, 1.807) is 0 Å². The topological polar surface area (TPSA) is 60.2 Å². The highest BCUT2D eigenvalue weighted by atomic mass is 32.2. The second-order valence-corrected chi connectivity index (χ2v) is 6.69. The number of aromatic nitrogens is 2. The molecular weight excluding hydrogens is 270 g/mol. The third-order valence-corrected chi connectivity index (χ3v) is 5.51. The van der Waals surface area contributed by atoms with Crippen LogP contribution in [0.3, 0.4) is 0 Å². The van der Waals surface area contributed by atoms with Crippen LogP contribution in [-0.2, 0) is 4.74 Å². The SMILES string of the molecule is CNC1CSCC1c1nc(C2CSCCO2)no1. The van der Waals surface area contributed by atoms with Gasteiger partial charge in [-0.15, -0.1) is 0 Å². The van der Waals surface area contributed by atoms with E-state index < -0.39 is 0 Å². The third kappa shape index (κ3) is 2.54. The molecule has 0 spiro atoms. The molecule has 0 aliphatic carbocycles. The quantitative estimate of drug-likeness (QED) is 0.899.